The molecule has 2 aliphatic rings. The second-order valence-electron chi connectivity index (χ2n) is 7.05. The number of rotatable bonds is 2. The lowest BCUT2D eigenvalue weighted by Crippen LogP contribution is -2.47. The third-order valence-corrected chi connectivity index (χ3v) is 3.96. The summed E-state index contributed by atoms with van der Waals surface area (Å²) in [5.41, 5.74) is 0.348. The Labute approximate surface area is 117 Å². The molecule has 0 aromatic carbocycles. The number of nitrogens with zero attached hydrogens (tertiary/aromatic N) is 2. The first-order valence-electron chi connectivity index (χ1n) is 7.54. The summed E-state index contributed by atoms with van der Waals surface area (Å²) in [7, 11) is 0. The van der Waals surface area contributed by atoms with Crippen LogP contribution in [0.5, 0.6) is 0 Å². The molecule has 0 aromatic heterocycles. The van der Waals surface area contributed by atoms with E-state index in [1.807, 2.05) is 4.90 Å². The number of carbonyl (C=O) groups excluding carboxylic acids is 1. The SMILES string of the molecule is CC(C)(C)CN1CCC(C(=O)N2CCOCC2)CC1. The van der Waals surface area contributed by atoms with Crippen molar-refractivity contribution in [3.8, 4) is 0 Å². The maximum Gasteiger partial charge on any atom is 0.225 e. The molecular formula is C15H28N2O2. The Bertz CT molecular complexity index is 298. The van der Waals surface area contributed by atoms with E-state index in [4.69, 9.17) is 4.74 Å². The van der Waals surface area contributed by atoms with Crippen molar-refractivity contribution >= 4 is 5.91 Å². The molecule has 0 atom stereocenters. The van der Waals surface area contributed by atoms with Gasteiger partial charge < -0.3 is 14.5 Å². The highest BCUT2D eigenvalue weighted by Gasteiger charge is 2.30. The molecule has 2 heterocycles. The van der Waals surface area contributed by atoms with Crippen molar-refractivity contribution in [1.82, 2.24) is 9.80 Å². The van der Waals surface area contributed by atoms with Crippen LogP contribution in [0.4, 0.5) is 0 Å². The molecule has 0 N–H and O–H groups in total. The number of amides is 1. The minimum atomic E-state index is 0.245. The molecule has 2 rings (SSSR count). The monoisotopic (exact) mass is 268 g/mol. The van der Waals surface area contributed by atoms with Gasteiger partial charge in [-0.3, -0.25) is 4.79 Å². The normalized spacial score (nSPS) is 23.6. The van der Waals surface area contributed by atoms with Crippen LogP contribution in [0.2, 0.25) is 0 Å². The zero-order valence-electron chi connectivity index (χ0n) is 12.7. The second kappa shape index (κ2) is 6.23. The molecule has 0 aliphatic carbocycles. The number of hydrogen-bond donors (Lipinski definition) is 0. The molecular weight excluding hydrogens is 240 g/mol. The van der Waals surface area contributed by atoms with Crippen LogP contribution in [0, 0.1) is 11.3 Å². The van der Waals surface area contributed by atoms with Crippen LogP contribution in [0.3, 0.4) is 0 Å². The third kappa shape index (κ3) is 4.46. The zero-order valence-corrected chi connectivity index (χ0v) is 12.7. The van der Waals surface area contributed by atoms with E-state index in [-0.39, 0.29) is 5.92 Å². The molecule has 2 aliphatic heterocycles. The molecule has 4 nitrogen and oxygen atoms in total. The van der Waals surface area contributed by atoms with Gasteiger partial charge >= 0.3 is 0 Å². The molecule has 1 amide bonds. The summed E-state index contributed by atoms with van der Waals surface area (Å²) < 4.78 is 5.31. The Hall–Kier alpha value is -0.610. The van der Waals surface area contributed by atoms with Crippen molar-refractivity contribution in [3.63, 3.8) is 0 Å². The van der Waals surface area contributed by atoms with Crippen molar-refractivity contribution in [3.05, 3.63) is 0 Å². The molecule has 19 heavy (non-hydrogen) atoms. The summed E-state index contributed by atoms with van der Waals surface area (Å²) in [6, 6.07) is 0. The Kier molecular flexibility index (Phi) is 4.85. The summed E-state index contributed by atoms with van der Waals surface area (Å²) in [6.07, 6.45) is 2.04. The van der Waals surface area contributed by atoms with Crippen LogP contribution in [0.25, 0.3) is 0 Å². The third-order valence-electron chi connectivity index (χ3n) is 3.96. The first-order chi connectivity index (χ1) is 8.96. The first-order valence-corrected chi connectivity index (χ1v) is 7.54. The Morgan fingerprint density at radius 1 is 1.11 bits per heavy atom. The number of morpholine rings is 1. The van der Waals surface area contributed by atoms with Gasteiger partial charge in [0.25, 0.3) is 0 Å². The van der Waals surface area contributed by atoms with Gasteiger partial charge in [0.15, 0.2) is 0 Å². The largest absolute Gasteiger partial charge is 0.378 e. The van der Waals surface area contributed by atoms with Gasteiger partial charge in [0.05, 0.1) is 13.2 Å². The second-order valence-corrected chi connectivity index (χ2v) is 7.05. The highest BCUT2D eigenvalue weighted by atomic mass is 16.5. The average molecular weight is 268 g/mol. The van der Waals surface area contributed by atoms with Crippen LogP contribution in [0.1, 0.15) is 33.6 Å². The van der Waals surface area contributed by atoms with Gasteiger partial charge in [-0.25, -0.2) is 0 Å². The van der Waals surface area contributed by atoms with E-state index in [1.54, 1.807) is 0 Å². The fourth-order valence-corrected chi connectivity index (χ4v) is 3.05. The van der Waals surface area contributed by atoms with E-state index >= 15 is 0 Å². The molecule has 2 fully saturated rings. The minimum absolute atomic E-state index is 0.245. The zero-order chi connectivity index (χ0) is 13.9. The lowest BCUT2D eigenvalue weighted by atomic mass is 9.91. The Morgan fingerprint density at radius 3 is 2.21 bits per heavy atom. The van der Waals surface area contributed by atoms with Crippen molar-refractivity contribution in [2.24, 2.45) is 11.3 Å². The van der Waals surface area contributed by atoms with Gasteiger partial charge in [0.1, 0.15) is 0 Å². The maximum absolute atomic E-state index is 12.4. The maximum atomic E-state index is 12.4. The average Bonchev–Trinajstić information content (AvgIpc) is 2.38. The molecule has 0 spiro atoms. The molecule has 0 bridgehead atoms. The topological polar surface area (TPSA) is 32.8 Å². The highest BCUT2D eigenvalue weighted by Crippen LogP contribution is 2.23. The lowest BCUT2D eigenvalue weighted by molar-refractivity contribution is -0.141. The molecule has 0 saturated carbocycles. The summed E-state index contributed by atoms with van der Waals surface area (Å²) >= 11 is 0. The fourth-order valence-electron chi connectivity index (χ4n) is 3.05. The van der Waals surface area contributed by atoms with Crippen molar-refractivity contribution in [1.29, 1.82) is 0 Å². The number of ether oxygens (including phenoxy) is 1. The predicted molar refractivity (Wildman–Crippen MR) is 76.0 cm³/mol. The summed E-state index contributed by atoms with van der Waals surface area (Å²) in [5, 5.41) is 0. The van der Waals surface area contributed by atoms with Crippen LogP contribution >= 0.6 is 0 Å². The van der Waals surface area contributed by atoms with E-state index < -0.39 is 0 Å². The first kappa shape index (κ1) is 14.8. The van der Waals surface area contributed by atoms with Crippen molar-refractivity contribution in [2.45, 2.75) is 33.6 Å². The van der Waals surface area contributed by atoms with E-state index in [0.717, 1.165) is 45.6 Å². The Morgan fingerprint density at radius 2 is 1.68 bits per heavy atom. The Balaban J connectivity index is 1.77. The van der Waals surface area contributed by atoms with E-state index in [9.17, 15) is 4.79 Å². The molecule has 0 unspecified atom stereocenters. The molecule has 110 valence electrons. The van der Waals surface area contributed by atoms with Gasteiger partial charge in [-0.05, 0) is 31.3 Å². The minimum Gasteiger partial charge on any atom is -0.378 e. The van der Waals surface area contributed by atoms with E-state index in [2.05, 4.69) is 25.7 Å². The van der Waals surface area contributed by atoms with Crippen LogP contribution in [0.15, 0.2) is 0 Å². The number of hydrogen-bond acceptors (Lipinski definition) is 3. The smallest absolute Gasteiger partial charge is 0.225 e. The van der Waals surface area contributed by atoms with Crippen LogP contribution in [-0.4, -0.2) is 61.6 Å². The van der Waals surface area contributed by atoms with E-state index in [0.29, 0.717) is 24.5 Å². The van der Waals surface area contributed by atoms with Crippen molar-refractivity contribution < 1.29 is 9.53 Å². The van der Waals surface area contributed by atoms with Crippen LogP contribution in [-0.2, 0) is 9.53 Å². The molecule has 0 radical (unpaired) electrons. The van der Waals surface area contributed by atoms with Gasteiger partial charge in [-0.2, -0.15) is 0 Å². The quantitative estimate of drug-likeness (QED) is 0.762. The summed E-state index contributed by atoms with van der Waals surface area (Å²) in [6.45, 7) is 13.1. The molecule has 4 heteroatoms. The van der Waals surface area contributed by atoms with Gasteiger partial charge in [-0.15, -0.1) is 0 Å². The molecule has 0 aromatic rings. The standard InChI is InChI=1S/C15H28N2O2/c1-15(2,3)12-16-6-4-13(5-7-16)14(18)17-8-10-19-11-9-17/h13H,4-12H2,1-3H3. The van der Waals surface area contributed by atoms with Gasteiger partial charge in [0.2, 0.25) is 5.91 Å². The fraction of sp³-hybridized carbons (Fsp3) is 0.933. The lowest BCUT2D eigenvalue weighted by Gasteiger charge is -2.37. The summed E-state index contributed by atoms with van der Waals surface area (Å²) in [4.78, 5) is 16.9. The van der Waals surface area contributed by atoms with Crippen molar-refractivity contribution in [2.75, 3.05) is 45.9 Å². The number of piperidine rings is 1. The predicted octanol–water partition coefficient (Wildman–Crippen LogP) is 1.60. The van der Waals surface area contributed by atoms with Gasteiger partial charge in [-0.1, -0.05) is 20.8 Å². The number of carbonyl (C=O) groups is 1. The van der Waals surface area contributed by atoms with E-state index in [1.165, 1.54) is 0 Å². The summed E-state index contributed by atoms with van der Waals surface area (Å²) in [5.74, 6) is 0.605. The van der Waals surface area contributed by atoms with Crippen LogP contribution < -0.4 is 0 Å². The molecule has 2 saturated heterocycles. The van der Waals surface area contributed by atoms with Gasteiger partial charge in [0, 0.05) is 25.6 Å². The number of likely N-dealkylation sites (tertiary alicyclic amines) is 1. The highest BCUT2D eigenvalue weighted by molar-refractivity contribution is 5.79.